The lowest BCUT2D eigenvalue weighted by Gasteiger charge is -2.32. The third kappa shape index (κ3) is 6.62. The molecular weight excluding hydrogens is 532 g/mol. The van der Waals surface area contributed by atoms with E-state index in [0.717, 1.165) is 27.6 Å². The van der Waals surface area contributed by atoms with Crippen molar-refractivity contribution in [1.29, 1.82) is 0 Å². The van der Waals surface area contributed by atoms with E-state index in [9.17, 15) is 24.3 Å². The molecule has 0 fully saturated rings. The number of hydrogen-bond acceptors (Lipinski definition) is 4. The molecule has 3 aromatic carbocycles. The van der Waals surface area contributed by atoms with Crippen molar-refractivity contribution in [2.24, 2.45) is 11.3 Å². The Bertz CT molecular complexity index is 1460. The van der Waals surface area contributed by atoms with Gasteiger partial charge in [-0.3, -0.25) is 14.4 Å². The van der Waals surface area contributed by atoms with Crippen molar-refractivity contribution in [1.82, 2.24) is 5.32 Å². The van der Waals surface area contributed by atoms with Gasteiger partial charge in [0.15, 0.2) is 0 Å². The predicted octanol–water partition coefficient (Wildman–Crippen LogP) is 5.46. The van der Waals surface area contributed by atoms with E-state index < -0.39 is 36.2 Å². The van der Waals surface area contributed by atoms with E-state index in [1.165, 1.54) is 0 Å². The third-order valence-corrected chi connectivity index (χ3v) is 7.30. The van der Waals surface area contributed by atoms with Crippen LogP contribution in [0.2, 0.25) is 5.02 Å². The quantitative estimate of drug-likeness (QED) is 0.334. The number of carboxylic acid groups (broad SMARTS) is 2. The van der Waals surface area contributed by atoms with Crippen molar-refractivity contribution in [3.63, 3.8) is 0 Å². The minimum absolute atomic E-state index is 0.249. The molecule has 0 aliphatic carbocycles. The first-order valence-electron chi connectivity index (χ1n) is 13.2. The Labute approximate surface area is 237 Å². The van der Waals surface area contributed by atoms with E-state index in [-0.39, 0.29) is 30.1 Å². The summed E-state index contributed by atoms with van der Waals surface area (Å²) in [5.74, 6) is -4.83. The SMILES string of the molecule is CC(C)(C)CN1C(=O)C(CC(=O)N[C@@H](CC(=O)O)C(=O)O)CC(c2cccc3ccccc23)c2cc(Cl)ccc21. The highest BCUT2D eigenvalue weighted by Crippen LogP contribution is 2.45. The lowest BCUT2D eigenvalue weighted by Crippen LogP contribution is -2.45. The summed E-state index contributed by atoms with van der Waals surface area (Å²) in [4.78, 5) is 51.6. The fourth-order valence-electron chi connectivity index (χ4n) is 5.41. The second kappa shape index (κ2) is 11.7. The summed E-state index contributed by atoms with van der Waals surface area (Å²) in [5, 5.41) is 23.4. The van der Waals surface area contributed by atoms with Crippen LogP contribution >= 0.6 is 11.6 Å². The highest BCUT2D eigenvalue weighted by molar-refractivity contribution is 6.30. The van der Waals surface area contributed by atoms with Crippen LogP contribution in [0, 0.1) is 11.3 Å². The molecule has 8 nitrogen and oxygen atoms in total. The molecule has 210 valence electrons. The fraction of sp³-hybridized carbons (Fsp3) is 0.355. The average Bonchev–Trinajstić information content (AvgIpc) is 2.97. The summed E-state index contributed by atoms with van der Waals surface area (Å²) in [5.41, 5.74) is 2.32. The van der Waals surface area contributed by atoms with Crippen molar-refractivity contribution in [3.05, 3.63) is 76.8 Å². The van der Waals surface area contributed by atoms with Gasteiger partial charge in [-0.25, -0.2) is 4.79 Å². The molecule has 2 amide bonds. The van der Waals surface area contributed by atoms with Gasteiger partial charge in [-0.2, -0.15) is 0 Å². The maximum absolute atomic E-state index is 14.1. The summed E-state index contributed by atoms with van der Waals surface area (Å²) in [7, 11) is 0. The van der Waals surface area contributed by atoms with Crippen molar-refractivity contribution >= 4 is 51.8 Å². The average molecular weight is 565 g/mol. The van der Waals surface area contributed by atoms with Crippen LogP contribution in [0.4, 0.5) is 5.69 Å². The van der Waals surface area contributed by atoms with Crippen LogP contribution < -0.4 is 10.2 Å². The molecule has 0 saturated carbocycles. The topological polar surface area (TPSA) is 124 Å². The number of benzene rings is 3. The van der Waals surface area contributed by atoms with Gasteiger partial charge in [-0.15, -0.1) is 0 Å². The molecule has 0 spiro atoms. The molecule has 3 atom stereocenters. The second-order valence-corrected chi connectivity index (χ2v) is 11.9. The van der Waals surface area contributed by atoms with Gasteiger partial charge in [0.25, 0.3) is 0 Å². The van der Waals surface area contributed by atoms with Crippen LogP contribution in [0.15, 0.2) is 60.7 Å². The molecule has 2 unspecified atom stereocenters. The van der Waals surface area contributed by atoms with E-state index in [1.54, 1.807) is 11.0 Å². The Hall–Kier alpha value is -3.91. The van der Waals surface area contributed by atoms with Crippen molar-refractivity contribution < 1.29 is 29.4 Å². The second-order valence-electron chi connectivity index (χ2n) is 11.5. The van der Waals surface area contributed by atoms with Crippen LogP contribution in [-0.2, 0) is 19.2 Å². The minimum Gasteiger partial charge on any atom is -0.481 e. The van der Waals surface area contributed by atoms with Gasteiger partial charge in [0.2, 0.25) is 11.8 Å². The zero-order chi connectivity index (χ0) is 29.2. The predicted molar refractivity (Wildman–Crippen MR) is 154 cm³/mol. The molecule has 4 rings (SSSR count). The molecule has 0 radical (unpaired) electrons. The maximum Gasteiger partial charge on any atom is 0.326 e. The molecule has 1 aliphatic heterocycles. The molecule has 0 bridgehead atoms. The summed E-state index contributed by atoms with van der Waals surface area (Å²) in [6.45, 7) is 6.45. The van der Waals surface area contributed by atoms with E-state index in [1.807, 2.05) is 75.4 Å². The van der Waals surface area contributed by atoms with Gasteiger partial charge in [0.05, 0.1) is 6.42 Å². The Morgan fingerprint density at radius 1 is 1.02 bits per heavy atom. The largest absolute Gasteiger partial charge is 0.481 e. The fourth-order valence-corrected chi connectivity index (χ4v) is 5.59. The number of carbonyl (C=O) groups excluding carboxylic acids is 2. The van der Waals surface area contributed by atoms with Gasteiger partial charge in [-0.1, -0.05) is 74.8 Å². The molecule has 3 N–H and O–H groups in total. The zero-order valence-corrected chi connectivity index (χ0v) is 23.4. The van der Waals surface area contributed by atoms with Crippen molar-refractivity contribution in [2.75, 3.05) is 11.4 Å². The van der Waals surface area contributed by atoms with Crippen LogP contribution in [0.25, 0.3) is 10.8 Å². The van der Waals surface area contributed by atoms with Crippen LogP contribution in [0.1, 0.15) is 57.1 Å². The lowest BCUT2D eigenvalue weighted by atomic mass is 9.81. The summed E-state index contributed by atoms with van der Waals surface area (Å²) in [6, 6.07) is 17.8. The van der Waals surface area contributed by atoms with E-state index in [0.29, 0.717) is 11.6 Å². The van der Waals surface area contributed by atoms with E-state index >= 15 is 0 Å². The van der Waals surface area contributed by atoms with Gasteiger partial charge >= 0.3 is 11.9 Å². The number of nitrogens with zero attached hydrogens (tertiary/aromatic N) is 1. The smallest absolute Gasteiger partial charge is 0.326 e. The molecule has 40 heavy (non-hydrogen) atoms. The molecule has 3 aromatic rings. The molecule has 0 aromatic heterocycles. The van der Waals surface area contributed by atoms with Gasteiger partial charge in [-0.05, 0) is 51.9 Å². The van der Waals surface area contributed by atoms with E-state index in [2.05, 4.69) is 5.32 Å². The highest BCUT2D eigenvalue weighted by Gasteiger charge is 2.39. The standard InChI is InChI=1S/C31H33ClN2O6/c1-31(2,3)17-34-26-12-11-20(32)15-24(26)23(22-10-6-8-18-7-4-5-9-21(18)22)13-19(29(34)38)14-27(35)33-25(30(39)40)16-28(36)37/h4-12,15,19,23,25H,13-14,16-17H2,1-3H3,(H,33,35)(H,36,37)(H,39,40)/t19?,23?,25-/m0/s1. The Balaban J connectivity index is 1.81. The van der Waals surface area contributed by atoms with Crippen molar-refractivity contribution in [2.45, 2.75) is 52.0 Å². The molecule has 0 saturated heterocycles. The van der Waals surface area contributed by atoms with Crippen LogP contribution in [0.3, 0.4) is 0 Å². The number of rotatable bonds is 8. The van der Waals surface area contributed by atoms with E-state index in [4.69, 9.17) is 16.7 Å². The maximum atomic E-state index is 14.1. The molecule has 1 heterocycles. The van der Waals surface area contributed by atoms with Crippen LogP contribution in [0.5, 0.6) is 0 Å². The Morgan fingerprint density at radius 3 is 2.40 bits per heavy atom. The third-order valence-electron chi connectivity index (χ3n) is 7.07. The molecular formula is C31H33ClN2O6. The number of aliphatic carboxylic acids is 2. The Kier molecular flexibility index (Phi) is 8.49. The number of amides is 2. The van der Waals surface area contributed by atoms with Gasteiger partial charge in [0.1, 0.15) is 6.04 Å². The number of hydrogen-bond donors (Lipinski definition) is 3. The molecule has 9 heteroatoms. The number of nitrogens with one attached hydrogen (secondary N) is 1. The van der Waals surface area contributed by atoms with Gasteiger partial charge < -0.3 is 20.4 Å². The summed E-state index contributed by atoms with van der Waals surface area (Å²) in [6.07, 6.45) is -0.769. The number of fused-ring (bicyclic) bond motifs is 2. The number of carboxylic acids is 2. The monoisotopic (exact) mass is 564 g/mol. The number of halogens is 1. The first-order chi connectivity index (χ1) is 18.8. The number of anilines is 1. The highest BCUT2D eigenvalue weighted by atomic mass is 35.5. The summed E-state index contributed by atoms with van der Waals surface area (Å²) < 4.78 is 0. The lowest BCUT2D eigenvalue weighted by molar-refractivity contribution is -0.147. The number of carbonyl (C=O) groups is 4. The molecule has 1 aliphatic rings. The first-order valence-corrected chi connectivity index (χ1v) is 13.5. The zero-order valence-electron chi connectivity index (χ0n) is 22.7. The Morgan fingerprint density at radius 2 is 1.73 bits per heavy atom. The first kappa shape index (κ1) is 29.1. The normalized spacial score (nSPS) is 18.1. The minimum atomic E-state index is -1.60. The van der Waals surface area contributed by atoms with Gasteiger partial charge in [0, 0.05) is 35.5 Å². The summed E-state index contributed by atoms with van der Waals surface area (Å²) >= 11 is 6.50. The van der Waals surface area contributed by atoms with Crippen molar-refractivity contribution in [3.8, 4) is 0 Å². The van der Waals surface area contributed by atoms with Crippen LogP contribution in [-0.4, -0.2) is 46.6 Å².